The van der Waals surface area contributed by atoms with Crippen molar-refractivity contribution in [1.82, 2.24) is 0 Å². The minimum atomic E-state index is -0.207. The van der Waals surface area contributed by atoms with Gasteiger partial charge in [-0.1, -0.05) is 6.92 Å². The van der Waals surface area contributed by atoms with E-state index in [0.29, 0.717) is 0 Å². The molecule has 0 aromatic heterocycles. The van der Waals surface area contributed by atoms with Crippen molar-refractivity contribution < 1.29 is 0 Å². The van der Waals surface area contributed by atoms with Crippen LogP contribution in [0.5, 0.6) is 0 Å². The van der Waals surface area contributed by atoms with E-state index in [2.05, 4.69) is 25.7 Å². The Kier molecular flexibility index (Phi) is 4.00. The lowest BCUT2D eigenvalue weighted by atomic mass is 11.0. The molecule has 0 radical (unpaired) electrons. The molecule has 0 atom stereocenters. The first-order chi connectivity index (χ1) is 3.62. The van der Waals surface area contributed by atoms with Crippen molar-refractivity contribution >= 4 is 21.8 Å². The quantitative estimate of drug-likeness (QED) is 0.598. The molecule has 0 unspecified atom stereocenters. The lowest BCUT2D eigenvalue weighted by molar-refractivity contribution is 1.49. The highest BCUT2D eigenvalue weighted by molar-refractivity contribution is 8.38. The van der Waals surface area contributed by atoms with Gasteiger partial charge in [0.1, 0.15) is 0 Å². The van der Waals surface area contributed by atoms with Crippen molar-refractivity contribution in [2.75, 3.05) is 29.6 Å². The summed E-state index contributed by atoms with van der Waals surface area (Å²) in [6, 6.07) is 0. The van der Waals surface area contributed by atoms with Crippen LogP contribution in [-0.2, 0) is 0 Å². The summed E-state index contributed by atoms with van der Waals surface area (Å²) in [7, 11) is -0.207. The number of thioether (sulfide) groups is 1. The molecule has 8 heavy (non-hydrogen) atoms. The maximum Gasteiger partial charge on any atom is 0.0228 e. The Morgan fingerprint density at radius 1 is 1.38 bits per heavy atom. The summed E-state index contributed by atoms with van der Waals surface area (Å²) in [6.07, 6.45) is 6.97. The fourth-order valence-electron chi connectivity index (χ4n) is 0.402. The highest BCUT2D eigenvalue weighted by atomic mass is 32.3. The molecule has 0 aliphatic carbocycles. The van der Waals surface area contributed by atoms with Crippen LogP contribution in [0.15, 0.2) is 0 Å². The molecule has 0 saturated carbocycles. The van der Waals surface area contributed by atoms with Gasteiger partial charge in [0.2, 0.25) is 0 Å². The molecule has 0 spiro atoms. The third-order valence-electron chi connectivity index (χ3n) is 1.22. The van der Waals surface area contributed by atoms with Gasteiger partial charge in [-0.25, -0.2) is 10.0 Å². The fraction of sp³-hybridized carbons (Fsp3) is 1.00. The third kappa shape index (κ3) is 3.67. The van der Waals surface area contributed by atoms with Crippen LogP contribution in [0.4, 0.5) is 0 Å². The molecular weight excluding hydrogens is 136 g/mol. The number of rotatable bonds is 3. The molecule has 0 saturated heterocycles. The van der Waals surface area contributed by atoms with E-state index in [-0.39, 0.29) is 10.0 Å². The molecule has 0 heterocycles. The normalized spacial score (nSPS) is 14.0. The van der Waals surface area contributed by atoms with Crippen molar-refractivity contribution in [2.45, 2.75) is 6.92 Å². The summed E-state index contributed by atoms with van der Waals surface area (Å²) in [4.78, 5) is 0. The summed E-state index contributed by atoms with van der Waals surface area (Å²) < 4.78 is 0. The summed E-state index contributed by atoms with van der Waals surface area (Å²) in [5.41, 5.74) is 0. The zero-order chi connectivity index (χ0) is 6.62. The van der Waals surface area contributed by atoms with Gasteiger partial charge >= 0.3 is 0 Å². The predicted molar refractivity (Wildman–Crippen MR) is 48.4 cm³/mol. The Morgan fingerprint density at radius 3 is 2.00 bits per heavy atom. The first-order valence-electron chi connectivity index (χ1n) is 2.80. The zero-order valence-electron chi connectivity index (χ0n) is 6.23. The van der Waals surface area contributed by atoms with E-state index in [0.717, 1.165) is 0 Å². The Bertz CT molecular complexity index is 59.5. The Hall–Kier alpha value is 0.700. The van der Waals surface area contributed by atoms with Crippen LogP contribution in [0.25, 0.3) is 0 Å². The minimum Gasteiger partial charge on any atom is -0.238 e. The Morgan fingerprint density at radius 2 is 1.88 bits per heavy atom. The Balaban J connectivity index is 3.37. The molecule has 0 amide bonds. The van der Waals surface area contributed by atoms with Gasteiger partial charge in [0, 0.05) is 5.08 Å². The monoisotopic (exact) mass is 152 g/mol. The topological polar surface area (TPSA) is 0 Å². The average molecular weight is 152 g/mol. The van der Waals surface area contributed by atoms with Crippen LogP contribution >= 0.6 is 21.8 Å². The fourth-order valence-corrected chi connectivity index (χ4v) is 3.62. The molecule has 0 aliphatic heterocycles. The van der Waals surface area contributed by atoms with E-state index < -0.39 is 0 Å². The highest BCUT2D eigenvalue weighted by Crippen LogP contribution is 2.41. The third-order valence-corrected chi connectivity index (χ3v) is 6.28. The van der Waals surface area contributed by atoms with Crippen molar-refractivity contribution in [2.24, 2.45) is 0 Å². The predicted octanol–water partition coefficient (Wildman–Crippen LogP) is 2.39. The molecule has 0 aliphatic rings. The van der Waals surface area contributed by atoms with Crippen molar-refractivity contribution in [3.05, 3.63) is 0 Å². The van der Waals surface area contributed by atoms with E-state index in [1.807, 2.05) is 11.8 Å². The van der Waals surface area contributed by atoms with E-state index in [4.69, 9.17) is 0 Å². The highest BCUT2D eigenvalue weighted by Gasteiger charge is 2.05. The molecule has 0 nitrogen and oxygen atoms in total. The first kappa shape index (κ1) is 8.70. The van der Waals surface area contributed by atoms with Crippen LogP contribution in [-0.4, -0.2) is 29.6 Å². The molecule has 0 N–H and O–H groups in total. The van der Waals surface area contributed by atoms with Gasteiger partial charge in [0.25, 0.3) is 0 Å². The molecule has 52 valence electrons. The summed E-state index contributed by atoms with van der Waals surface area (Å²) in [5, 5.41) is 1.36. The van der Waals surface area contributed by atoms with Crippen molar-refractivity contribution in [3.8, 4) is 0 Å². The first-order valence-corrected chi connectivity index (χ1v) is 6.98. The van der Waals surface area contributed by atoms with Gasteiger partial charge in [-0.3, -0.25) is 0 Å². The average Bonchev–Trinajstić information content (AvgIpc) is 1.67. The number of hydrogen-bond donors (Lipinski definition) is 0. The van der Waals surface area contributed by atoms with Gasteiger partial charge in [-0.15, -0.1) is 0 Å². The molecule has 0 rings (SSSR count). The lowest BCUT2D eigenvalue weighted by Crippen LogP contribution is -1.99. The van der Waals surface area contributed by atoms with Gasteiger partial charge in [0.15, 0.2) is 0 Å². The maximum atomic E-state index is 2.39. The second-order valence-electron chi connectivity index (χ2n) is 2.46. The summed E-state index contributed by atoms with van der Waals surface area (Å²) in [6.45, 7) is 2.28. The van der Waals surface area contributed by atoms with Gasteiger partial charge in [-0.2, -0.15) is 11.8 Å². The second kappa shape index (κ2) is 3.67. The van der Waals surface area contributed by atoms with Gasteiger partial charge in [-0.05, 0) is 24.5 Å². The standard InChI is InChI=1S/C6H16S2/c1-5-8(3,4)6-7-2/h5-6H2,1-4H3. The summed E-state index contributed by atoms with van der Waals surface area (Å²) in [5.74, 6) is 1.37. The maximum absolute atomic E-state index is 2.39. The van der Waals surface area contributed by atoms with E-state index in [1.165, 1.54) is 10.8 Å². The Labute approximate surface area is 58.7 Å². The largest absolute Gasteiger partial charge is 0.238 e. The SMILES string of the molecule is CCS(C)(C)CSC. The molecule has 0 aromatic rings. The lowest BCUT2D eigenvalue weighted by Gasteiger charge is -2.27. The van der Waals surface area contributed by atoms with E-state index >= 15 is 0 Å². The smallest absolute Gasteiger partial charge is 0.0228 e. The van der Waals surface area contributed by atoms with Gasteiger partial charge in [0.05, 0.1) is 0 Å². The molecule has 0 aromatic carbocycles. The van der Waals surface area contributed by atoms with Crippen LogP contribution in [0.2, 0.25) is 0 Å². The molecule has 0 fully saturated rings. The molecule has 2 heteroatoms. The van der Waals surface area contributed by atoms with Crippen LogP contribution < -0.4 is 0 Å². The molecule has 0 bridgehead atoms. The van der Waals surface area contributed by atoms with Crippen molar-refractivity contribution in [3.63, 3.8) is 0 Å². The second-order valence-corrected chi connectivity index (χ2v) is 8.09. The van der Waals surface area contributed by atoms with Crippen LogP contribution in [0.1, 0.15) is 6.92 Å². The van der Waals surface area contributed by atoms with E-state index in [9.17, 15) is 0 Å². The van der Waals surface area contributed by atoms with Crippen LogP contribution in [0, 0.1) is 0 Å². The van der Waals surface area contributed by atoms with Gasteiger partial charge < -0.3 is 0 Å². The zero-order valence-corrected chi connectivity index (χ0v) is 7.86. The molecular formula is C6H16S2. The van der Waals surface area contributed by atoms with E-state index in [1.54, 1.807) is 0 Å². The summed E-state index contributed by atoms with van der Waals surface area (Å²) >= 11 is 1.97. The number of hydrogen-bond acceptors (Lipinski definition) is 1. The van der Waals surface area contributed by atoms with Crippen molar-refractivity contribution in [1.29, 1.82) is 0 Å². The van der Waals surface area contributed by atoms with Crippen LogP contribution in [0.3, 0.4) is 0 Å². The minimum absolute atomic E-state index is 0.207.